The molecular formula is C37H47BF2N4NaO8P. The number of amides is 1. The van der Waals surface area contributed by atoms with Crippen molar-refractivity contribution in [2.45, 2.75) is 72.6 Å². The number of hydrogen-bond acceptors (Lipinski definition) is 10. The molecule has 2 aliphatic rings. The molecule has 1 aromatic heterocycles. The number of aromatic nitrogens is 1. The van der Waals surface area contributed by atoms with Gasteiger partial charge in [-0.15, -0.1) is 0 Å². The van der Waals surface area contributed by atoms with Gasteiger partial charge in [0.25, 0.3) is 5.91 Å². The topological polar surface area (TPSA) is 170 Å². The number of carbonyl (C=O) groups excluding carboxylic acids is 3. The van der Waals surface area contributed by atoms with Crippen molar-refractivity contribution in [3.63, 3.8) is 0 Å². The Morgan fingerprint density at radius 1 is 1.15 bits per heavy atom. The number of nitrogens with two attached hydrogens (primary N) is 1. The van der Waals surface area contributed by atoms with Gasteiger partial charge in [-0.05, 0) is 51.4 Å². The molecule has 2 aromatic carbocycles. The van der Waals surface area contributed by atoms with E-state index in [9.17, 15) is 37.6 Å². The Bertz CT molecular complexity index is 1920. The first-order valence-electron chi connectivity index (χ1n) is 17.5. The number of nitrogens with zero attached hydrogens (tertiary/aromatic N) is 2. The number of likely N-dealkylation sites (tertiary alicyclic amines) is 1. The smallest absolute Gasteiger partial charge is 0.568 e. The van der Waals surface area contributed by atoms with Crippen LogP contribution in [0.1, 0.15) is 66.9 Å². The molecule has 0 saturated carbocycles. The SMILES string of the molecule is CC(C)OC(=O)[C@@H](C)CP(=O)(CCN1CCC[C@]2(C)C(=O)c3c(O)c(=O)c(C(=O)NCc4ccc(F)cc4F)cn3C[C@H]12)Oc1ccccc1.C[B-]N.[Na+]. The van der Waals surface area contributed by atoms with E-state index in [0.29, 0.717) is 31.2 Å². The second-order valence-corrected chi connectivity index (χ2v) is 16.5. The molecule has 1 amide bonds. The summed E-state index contributed by atoms with van der Waals surface area (Å²) in [4.78, 5) is 55.0. The molecule has 286 valence electrons. The molecule has 17 heteroatoms. The number of nitrogens with one attached hydrogen (secondary N) is 1. The van der Waals surface area contributed by atoms with Crippen molar-refractivity contribution in [1.29, 1.82) is 0 Å². The van der Waals surface area contributed by atoms with Gasteiger partial charge in [0.1, 0.15) is 28.6 Å². The number of carbonyl (C=O) groups is 3. The van der Waals surface area contributed by atoms with Crippen molar-refractivity contribution in [1.82, 2.24) is 14.8 Å². The van der Waals surface area contributed by atoms with Crippen LogP contribution < -0.4 is 50.5 Å². The number of pyridine rings is 1. The predicted octanol–water partition coefficient (Wildman–Crippen LogP) is 1.99. The fourth-order valence-corrected chi connectivity index (χ4v) is 9.18. The predicted molar refractivity (Wildman–Crippen MR) is 198 cm³/mol. The summed E-state index contributed by atoms with van der Waals surface area (Å²) in [6.45, 7) is 9.27. The summed E-state index contributed by atoms with van der Waals surface area (Å²) in [5, 5.41) is 13.4. The number of Topliss-reactive ketones (excluding diaryl/α,β-unsaturated/α-hetero) is 1. The summed E-state index contributed by atoms with van der Waals surface area (Å²) < 4.78 is 54.8. The molecule has 2 aliphatic heterocycles. The van der Waals surface area contributed by atoms with Crippen LogP contribution in [0, 0.1) is 23.0 Å². The summed E-state index contributed by atoms with van der Waals surface area (Å²) in [5.41, 5.74) is 2.01. The van der Waals surface area contributed by atoms with Crippen LogP contribution in [-0.4, -0.2) is 77.2 Å². The van der Waals surface area contributed by atoms with Gasteiger partial charge in [0.2, 0.25) is 12.8 Å². The molecule has 54 heavy (non-hydrogen) atoms. The number of hydrogen-bond donors (Lipinski definition) is 3. The summed E-state index contributed by atoms with van der Waals surface area (Å²) in [6, 6.07) is 11.1. The Morgan fingerprint density at radius 3 is 2.44 bits per heavy atom. The number of piperidine rings is 1. The Morgan fingerprint density at radius 2 is 1.81 bits per heavy atom. The van der Waals surface area contributed by atoms with Crippen molar-refractivity contribution in [3.8, 4) is 11.5 Å². The molecule has 0 aliphatic carbocycles. The average Bonchev–Trinajstić information content (AvgIpc) is 3.09. The van der Waals surface area contributed by atoms with E-state index >= 15 is 0 Å². The van der Waals surface area contributed by atoms with Crippen LogP contribution in [0.15, 0.2) is 59.5 Å². The van der Waals surface area contributed by atoms with E-state index in [1.165, 1.54) is 24.2 Å². The van der Waals surface area contributed by atoms with Crippen molar-refractivity contribution in [3.05, 3.63) is 93.4 Å². The van der Waals surface area contributed by atoms with Crippen molar-refractivity contribution < 1.29 is 71.7 Å². The van der Waals surface area contributed by atoms with Gasteiger partial charge in [-0.2, -0.15) is 0 Å². The van der Waals surface area contributed by atoms with Crippen molar-refractivity contribution in [2.75, 3.05) is 25.4 Å². The normalized spacial score (nSPS) is 19.5. The molecule has 1 fully saturated rings. The number of aromatic hydroxyl groups is 1. The first-order valence-corrected chi connectivity index (χ1v) is 19.5. The molecule has 0 spiro atoms. The monoisotopic (exact) mass is 778 g/mol. The molecule has 4 atom stereocenters. The third-order valence-electron chi connectivity index (χ3n) is 9.43. The number of halogens is 2. The van der Waals surface area contributed by atoms with Crippen LogP contribution in [0.4, 0.5) is 8.78 Å². The fourth-order valence-electron chi connectivity index (χ4n) is 6.78. The van der Waals surface area contributed by atoms with Gasteiger partial charge in [-0.25, -0.2) is 15.6 Å². The molecule has 12 nitrogen and oxygen atoms in total. The minimum absolute atomic E-state index is 0. The number of para-hydroxylation sites is 1. The molecule has 3 heterocycles. The largest absolute Gasteiger partial charge is 1.00 e. The van der Waals surface area contributed by atoms with E-state index in [4.69, 9.17) is 14.9 Å². The van der Waals surface area contributed by atoms with Crippen LogP contribution in [0.25, 0.3) is 0 Å². The van der Waals surface area contributed by atoms with Crippen molar-refractivity contribution >= 4 is 32.4 Å². The van der Waals surface area contributed by atoms with E-state index < -0.39 is 70.8 Å². The Labute approximate surface area is 337 Å². The number of esters is 1. The van der Waals surface area contributed by atoms with Gasteiger partial charge >= 0.3 is 35.5 Å². The van der Waals surface area contributed by atoms with E-state index in [0.717, 1.165) is 6.07 Å². The maximum Gasteiger partial charge on any atom is 1.00 e. The van der Waals surface area contributed by atoms with Crippen LogP contribution in [0.5, 0.6) is 11.5 Å². The van der Waals surface area contributed by atoms with E-state index in [2.05, 4.69) is 5.32 Å². The Kier molecular flexibility index (Phi) is 16.3. The zero-order valence-corrected chi connectivity index (χ0v) is 34.5. The van der Waals surface area contributed by atoms with E-state index in [1.54, 1.807) is 64.8 Å². The second kappa shape index (κ2) is 19.5. The summed E-state index contributed by atoms with van der Waals surface area (Å²) >= 11 is 0. The quantitative estimate of drug-likeness (QED) is 0.141. The zero-order chi connectivity index (χ0) is 39.1. The molecule has 2 radical (unpaired) electrons. The first-order chi connectivity index (χ1) is 25.0. The standard InChI is InChI=1S/C36H42F2N3O8P.CH5BN.Na/c1-22(2)48-35(46)23(3)21-50(47,49-26-9-6-5-7-10-26)16-15-40-14-8-13-36(4)29(40)20-41-19-27(31(42)32(43)30(41)33(36)44)34(45)39-18-24-11-12-25(37)17-28(24)38;1-2-3;/h5-7,9-12,17,19,22-23,29,43H,8,13-16,18,20-21H2,1-4H3,(H,39,45);3H2,1H3;/q;-1;+1/t23-,29-,36-,50?;;/m0../s1. The third kappa shape index (κ3) is 10.7. The van der Waals surface area contributed by atoms with Gasteiger partial charge in [-0.1, -0.05) is 38.1 Å². The fraction of sp³-hybridized carbons (Fsp3) is 0.459. The van der Waals surface area contributed by atoms with Gasteiger partial charge in [-0.3, -0.25) is 36.1 Å². The number of fused-ring (bicyclic) bond motifs is 2. The van der Waals surface area contributed by atoms with E-state index in [1.807, 2.05) is 4.90 Å². The zero-order valence-electron chi connectivity index (χ0n) is 31.6. The molecule has 0 bridgehead atoms. The summed E-state index contributed by atoms with van der Waals surface area (Å²) in [5.74, 6) is -4.65. The van der Waals surface area contributed by atoms with Gasteiger partial charge in [0, 0.05) is 61.2 Å². The third-order valence-corrected chi connectivity index (χ3v) is 12.0. The minimum atomic E-state index is -3.50. The molecule has 3 aromatic rings. The molecule has 4 N–H and O–H groups in total. The Hall–Kier alpha value is -3.33. The number of benzene rings is 2. The van der Waals surface area contributed by atoms with Gasteiger partial charge in [0.15, 0.2) is 11.5 Å². The van der Waals surface area contributed by atoms with Crippen LogP contribution >= 0.6 is 7.37 Å². The maximum absolute atomic E-state index is 14.4. The van der Waals surface area contributed by atoms with Crippen LogP contribution in [-0.2, 0) is 27.2 Å². The summed E-state index contributed by atoms with van der Waals surface area (Å²) in [7, 11) is -2.00. The Balaban J connectivity index is 0.00000190. The van der Waals surface area contributed by atoms with Crippen molar-refractivity contribution in [2.24, 2.45) is 17.0 Å². The van der Waals surface area contributed by atoms with Gasteiger partial charge in [0.05, 0.1) is 12.0 Å². The maximum atomic E-state index is 14.4. The molecule has 1 unspecified atom stereocenters. The van der Waals surface area contributed by atoms with Crippen LogP contribution in [0.2, 0.25) is 6.82 Å². The van der Waals surface area contributed by atoms with Gasteiger partial charge < -0.3 is 29.9 Å². The minimum Gasteiger partial charge on any atom is -0.568 e. The number of ketones is 1. The second-order valence-electron chi connectivity index (χ2n) is 13.9. The number of rotatable bonds is 12. The number of ether oxygens (including phenoxy) is 1. The van der Waals surface area contributed by atoms with E-state index in [-0.39, 0.29) is 78.9 Å². The summed E-state index contributed by atoms with van der Waals surface area (Å²) in [6.07, 6.45) is 1.98. The van der Waals surface area contributed by atoms with Crippen LogP contribution in [0.3, 0.4) is 0 Å². The first kappa shape index (κ1) is 45.1. The average molecular weight is 779 g/mol. The molecular weight excluding hydrogens is 731 g/mol. The molecule has 1 saturated heterocycles. The molecule has 5 rings (SSSR count).